The number of rotatable bonds is 12. The molecule has 1 amide bonds. The highest BCUT2D eigenvalue weighted by atomic mass is 16.5. The number of amides is 1. The van der Waals surface area contributed by atoms with Gasteiger partial charge in [-0.3, -0.25) is 9.59 Å². The van der Waals surface area contributed by atoms with Crippen LogP contribution in [-0.4, -0.2) is 61.5 Å². The number of carbonyl (C=O) groups is 2. The maximum atomic E-state index is 12.2. The van der Waals surface area contributed by atoms with Crippen LogP contribution in [0.25, 0.3) is 0 Å². The first-order valence-electron chi connectivity index (χ1n) is 8.57. The normalized spacial score (nSPS) is 12.3. The van der Waals surface area contributed by atoms with Crippen molar-refractivity contribution in [1.82, 2.24) is 9.80 Å². The Morgan fingerprint density at radius 3 is 2.14 bits per heavy atom. The zero-order valence-electron chi connectivity index (χ0n) is 15.1. The summed E-state index contributed by atoms with van der Waals surface area (Å²) < 4.78 is 4.76. The fraction of sp³-hybridized carbons (Fsp3) is 0.882. The van der Waals surface area contributed by atoms with Gasteiger partial charge in [-0.2, -0.15) is 0 Å². The molecule has 5 heteroatoms. The second-order valence-electron chi connectivity index (χ2n) is 5.75. The van der Waals surface area contributed by atoms with Gasteiger partial charge < -0.3 is 14.5 Å². The van der Waals surface area contributed by atoms with Crippen molar-refractivity contribution >= 4 is 11.9 Å². The van der Waals surface area contributed by atoms with E-state index in [1.165, 1.54) is 7.11 Å². The van der Waals surface area contributed by atoms with Crippen LogP contribution in [0.2, 0.25) is 0 Å². The molecule has 0 spiro atoms. The minimum atomic E-state index is -0.270. The lowest BCUT2D eigenvalue weighted by molar-refractivity contribution is -0.146. The van der Waals surface area contributed by atoms with Crippen molar-refractivity contribution in [2.45, 2.75) is 53.4 Å². The Hall–Kier alpha value is -1.10. The van der Waals surface area contributed by atoms with E-state index in [0.717, 1.165) is 45.4 Å². The molecule has 0 saturated heterocycles. The van der Waals surface area contributed by atoms with Crippen molar-refractivity contribution in [3.8, 4) is 0 Å². The van der Waals surface area contributed by atoms with Gasteiger partial charge in [0.2, 0.25) is 5.91 Å². The molecule has 0 N–H and O–H groups in total. The molecule has 130 valence electrons. The van der Waals surface area contributed by atoms with Crippen LogP contribution in [0, 0.1) is 5.92 Å². The second-order valence-corrected chi connectivity index (χ2v) is 5.75. The average molecular weight is 314 g/mol. The van der Waals surface area contributed by atoms with Gasteiger partial charge in [-0.15, -0.1) is 0 Å². The molecule has 0 aromatic heterocycles. The molecule has 0 aliphatic rings. The number of nitrogens with zero attached hydrogens (tertiary/aromatic N) is 2. The molecule has 0 fully saturated rings. The van der Waals surface area contributed by atoms with Gasteiger partial charge in [0.1, 0.15) is 0 Å². The van der Waals surface area contributed by atoms with E-state index in [0.29, 0.717) is 13.0 Å². The molecule has 0 aliphatic heterocycles. The van der Waals surface area contributed by atoms with Gasteiger partial charge in [0.25, 0.3) is 0 Å². The minimum absolute atomic E-state index is 0.140. The van der Waals surface area contributed by atoms with Crippen LogP contribution in [0.4, 0.5) is 0 Å². The molecule has 0 aliphatic carbocycles. The third-order valence-corrected chi connectivity index (χ3v) is 3.96. The van der Waals surface area contributed by atoms with E-state index in [4.69, 9.17) is 4.74 Å². The van der Waals surface area contributed by atoms with Gasteiger partial charge in [0.05, 0.1) is 13.0 Å². The summed E-state index contributed by atoms with van der Waals surface area (Å²) in [6.07, 6.45) is 3.43. The molecular weight excluding hydrogens is 280 g/mol. The Bertz CT molecular complexity index is 317. The van der Waals surface area contributed by atoms with Crippen LogP contribution in [0.1, 0.15) is 53.4 Å². The molecule has 0 saturated carbocycles. The highest BCUT2D eigenvalue weighted by Gasteiger charge is 2.20. The van der Waals surface area contributed by atoms with Crippen LogP contribution >= 0.6 is 0 Å². The first kappa shape index (κ1) is 20.9. The van der Waals surface area contributed by atoms with Gasteiger partial charge >= 0.3 is 5.97 Å². The van der Waals surface area contributed by atoms with E-state index >= 15 is 0 Å². The summed E-state index contributed by atoms with van der Waals surface area (Å²) in [6.45, 7) is 12.5. The van der Waals surface area contributed by atoms with E-state index < -0.39 is 0 Å². The fourth-order valence-electron chi connectivity index (χ4n) is 2.47. The number of methoxy groups -OCH3 is 1. The zero-order chi connectivity index (χ0) is 17.0. The number of carbonyl (C=O) groups excluding carboxylic acids is 2. The van der Waals surface area contributed by atoms with Gasteiger partial charge in [0.15, 0.2) is 0 Å². The van der Waals surface area contributed by atoms with Crippen molar-refractivity contribution in [2.24, 2.45) is 5.92 Å². The smallest absolute Gasteiger partial charge is 0.310 e. The Labute approximate surface area is 136 Å². The van der Waals surface area contributed by atoms with Gasteiger partial charge in [-0.05, 0) is 38.9 Å². The van der Waals surface area contributed by atoms with E-state index in [1.807, 2.05) is 18.7 Å². The largest absolute Gasteiger partial charge is 0.469 e. The van der Waals surface area contributed by atoms with E-state index in [1.54, 1.807) is 0 Å². The average Bonchev–Trinajstić information content (AvgIpc) is 2.52. The maximum absolute atomic E-state index is 12.2. The Balaban J connectivity index is 4.36. The van der Waals surface area contributed by atoms with Gasteiger partial charge in [-0.25, -0.2) is 0 Å². The summed E-state index contributed by atoms with van der Waals surface area (Å²) in [6, 6.07) is 0. The number of hydrogen-bond donors (Lipinski definition) is 0. The summed E-state index contributed by atoms with van der Waals surface area (Å²) >= 11 is 0. The molecule has 0 radical (unpaired) electrons. The van der Waals surface area contributed by atoms with Crippen LogP contribution in [-0.2, 0) is 14.3 Å². The molecule has 0 rings (SSSR count). The summed E-state index contributed by atoms with van der Waals surface area (Å²) in [7, 11) is 1.39. The zero-order valence-corrected chi connectivity index (χ0v) is 15.1. The third kappa shape index (κ3) is 8.37. The molecule has 0 aromatic carbocycles. The minimum Gasteiger partial charge on any atom is -0.469 e. The van der Waals surface area contributed by atoms with Crippen molar-refractivity contribution < 1.29 is 14.3 Å². The third-order valence-electron chi connectivity index (χ3n) is 3.96. The van der Waals surface area contributed by atoms with Crippen molar-refractivity contribution in [1.29, 1.82) is 0 Å². The van der Waals surface area contributed by atoms with Crippen LogP contribution in [0.15, 0.2) is 0 Å². The summed E-state index contributed by atoms with van der Waals surface area (Å²) in [4.78, 5) is 28.0. The fourth-order valence-corrected chi connectivity index (χ4v) is 2.47. The number of ether oxygens (including phenoxy) is 1. The quantitative estimate of drug-likeness (QED) is 0.410. The number of unbranched alkanes of at least 4 members (excludes halogenated alkanes) is 1. The molecule has 22 heavy (non-hydrogen) atoms. The lowest BCUT2D eigenvalue weighted by atomic mass is 10.1. The van der Waals surface area contributed by atoms with Crippen molar-refractivity contribution in [3.05, 3.63) is 0 Å². The van der Waals surface area contributed by atoms with E-state index in [9.17, 15) is 9.59 Å². The molecule has 5 nitrogen and oxygen atoms in total. The van der Waals surface area contributed by atoms with Crippen LogP contribution in [0.3, 0.4) is 0 Å². The molecule has 0 heterocycles. The molecule has 1 atom stereocenters. The first-order chi connectivity index (χ1) is 10.5. The monoisotopic (exact) mass is 314 g/mol. The molecular formula is C17H34N2O3. The molecule has 0 bridgehead atoms. The predicted octanol–water partition coefficient (Wildman–Crippen LogP) is 2.55. The van der Waals surface area contributed by atoms with E-state index in [-0.39, 0.29) is 17.8 Å². The van der Waals surface area contributed by atoms with E-state index in [2.05, 4.69) is 18.7 Å². The second kappa shape index (κ2) is 12.4. The summed E-state index contributed by atoms with van der Waals surface area (Å²) in [5, 5.41) is 0. The van der Waals surface area contributed by atoms with Crippen LogP contribution < -0.4 is 0 Å². The van der Waals surface area contributed by atoms with Crippen LogP contribution in [0.5, 0.6) is 0 Å². The standard InChI is InChI=1S/C17H34N2O3/c1-6-11-16(20)19(14-15(4)17(21)22-5)13-10-9-12-18(7-2)8-3/h15H,6-14H2,1-5H3. The topological polar surface area (TPSA) is 49.9 Å². The Morgan fingerprint density at radius 2 is 1.64 bits per heavy atom. The predicted molar refractivity (Wildman–Crippen MR) is 89.7 cm³/mol. The number of hydrogen-bond acceptors (Lipinski definition) is 4. The first-order valence-corrected chi connectivity index (χ1v) is 8.57. The Morgan fingerprint density at radius 1 is 1.05 bits per heavy atom. The maximum Gasteiger partial charge on any atom is 0.310 e. The van der Waals surface area contributed by atoms with Crippen molar-refractivity contribution in [2.75, 3.05) is 39.8 Å². The highest BCUT2D eigenvalue weighted by Crippen LogP contribution is 2.08. The summed E-state index contributed by atoms with van der Waals surface area (Å²) in [5.41, 5.74) is 0. The molecule has 0 aromatic rings. The summed E-state index contributed by atoms with van der Waals surface area (Å²) in [5.74, 6) is -0.382. The lowest BCUT2D eigenvalue weighted by Crippen LogP contribution is -2.38. The molecule has 1 unspecified atom stereocenters. The lowest BCUT2D eigenvalue weighted by Gasteiger charge is -2.26. The van der Waals surface area contributed by atoms with Crippen molar-refractivity contribution in [3.63, 3.8) is 0 Å². The van der Waals surface area contributed by atoms with Gasteiger partial charge in [-0.1, -0.05) is 27.7 Å². The SMILES string of the molecule is CCCC(=O)N(CCCCN(CC)CC)CC(C)C(=O)OC. The number of esters is 1. The van der Waals surface area contributed by atoms with Gasteiger partial charge in [0, 0.05) is 19.5 Å². The Kier molecular flexibility index (Phi) is 11.8. The highest BCUT2D eigenvalue weighted by molar-refractivity contribution is 5.77.